The summed E-state index contributed by atoms with van der Waals surface area (Å²) in [6, 6.07) is -0.954. The smallest absolute Gasteiger partial charge is 0.407 e. The Morgan fingerprint density at radius 1 is 1.50 bits per heavy atom. The van der Waals surface area contributed by atoms with E-state index in [0.717, 1.165) is 0 Å². The van der Waals surface area contributed by atoms with Gasteiger partial charge in [-0.25, -0.2) is 9.59 Å². The molecule has 0 aliphatic carbocycles. The van der Waals surface area contributed by atoms with Gasteiger partial charge in [0.1, 0.15) is 12.1 Å². The molecule has 2 amide bonds. The average molecular weight is 304 g/mol. The lowest BCUT2D eigenvalue weighted by molar-refractivity contribution is -0.149. The maximum absolute atomic E-state index is 12.1. The summed E-state index contributed by atoms with van der Waals surface area (Å²) in [7, 11) is 0. The first-order valence-corrected chi connectivity index (χ1v) is 7.12. The number of carboxylic acid groups (broad SMARTS) is 1. The van der Waals surface area contributed by atoms with Crippen LogP contribution in [0.1, 0.15) is 20.3 Å². The van der Waals surface area contributed by atoms with Gasteiger partial charge in [-0.1, -0.05) is 6.92 Å². The molecule has 7 nitrogen and oxygen atoms in total. The molecule has 3 atom stereocenters. The SMILES string of the molecule is CCNC(=O)OC1C[C@@H](C(=O)O)N(C(=O)C(C)CS)C1. The summed E-state index contributed by atoms with van der Waals surface area (Å²) < 4.78 is 5.10. The summed E-state index contributed by atoms with van der Waals surface area (Å²) in [5.41, 5.74) is 0. The number of hydrogen-bond acceptors (Lipinski definition) is 5. The van der Waals surface area contributed by atoms with Gasteiger partial charge in [-0.15, -0.1) is 0 Å². The summed E-state index contributed by atoms with van der Waals surface area (Å²) in [6.07, 6.45) is -1.09. The molecule has 1 saturated heterocycles. The van der Waals surface area contributed by atoms with Gasteiger partial charge in [-0.3, -0.25) is 4.79 Å². The lowest BCUT2D eigenvalue weighted by Crippen LogP contribution is -2.43. The van der Waals surface area contributed by atoms with Crippen LogP contribution in [0.5, 0.6) is 0 Å². The fraction of sp³-hybridized carbons (Fsp3) is 0.750. The van der Waals surface area contributed by atoms with E-state index in [0.29, 0.717) is 12.3 Å². The number of ether oxygens (including phenoxy) is 1. The van der Waals surface area contributed by atoms with Crippen molar-refractivity contribution in [3.8, 4) is 0 Å². The average Bonchev–Trinajstić information content (AvgIpc) is 2.81. The van der Waals surface area contributed by atoms with Crippen LogP contribution in [0.25, 0.3) is 0 Å². The maximum atomic E-state index is 12.1. The Hall–Kier alpha value is -1.44. The van der Waals surface area contributed by atoms with Crippen molar-refractivity contribution in [1.82, 2.24) is 10.2 Å². The largest absolute Gasteiger partial charge is 0.480 e. The molecule has 1 rings (SSSR count). The Kier molecular flexibility index (Phi) is 6.12. The van der Waals surface area contributed by atoms with Crippen LogP contribution in [0.4, 0.5) is 4.79 Å². The molecule has 1 aliphatic heterocycles. The Bertz CT molecular complexity index is 390. The molecular formula is C12H20N2O5S. The number of amides is 2. The van der Waals surface area contributed by atoms with Crippen LogP contribution in [-0.4, -0.2) is 59.0 Å². The number of nitrogens with zero attached hydrogens (tertiary/aromatic N) is 1. The van der Waals surface area contributed by atoms with Gasteiger partial charge in [0, 0.05) is 24.6 Å². The zero-order valence-corrected chi connectivity index (χ0v) is 12.4. The summed E-state index contributed by atoms with van der Waals surface area (Å²) in [6.45, 7) is 3.96. The van der Waals surface area contributed by atoms with Crippen LogP contribution < -0.4 is 5.32 Å². The summed E-state index contributed by atoms with van der Waals surface area (Å²) >= 11 is 4.04. The predicted octanol–water partition coefficient (Wildman–Crippen LogP) is 0.352. The topological polar surface area (TPSA) is 95.9 Å². The number of likely N-dealkylation sites (tertiary alicyclic amines) is 1. The highest BCUT2D eigenvalue weighted by Crippen LogP contribution is 2.23. The highest BCUT2D eigenvalue weighted by atomic mass is 32.1. The van der Waals surface area contributed by atoms with E-state index in [1.165, 1.54) is 4.90 Å². The monoisotopic (exact) mass is 304 g/mol. The normalized spacial score (nSPS) is 23.2. The number of thiol groups is 1. The molecule has 2 N–H and O–H groups in total. The van der Waals surface area contributed by atoms with Crippen molar-refractivity contribution in [3.05, 3.63) is 0 Å². The molecule has 1 heterocycles. The summed E-state index contributed by atoms with van der Waals surface area (Å²) in [5, 5.41) is 11.6. The second kappa shape index (κ2) is 7.37. The molecule has 2 unspecified atom stereocenters. The van der Waals surface area contributed by atoms with Crippen molar-refractivity contribution in [2.24, 2.45) is 5.92 Å². The Morgan fingerprint density at radius 3 is 2.65 bits per heavy atom. The second-order valence-electron chi connectivity index (χ2n) is 4.72. The molecule has 0 bridgehead atoms. The van der Waals surface area contributed by atoms with Crippen LogP contribution in [0.15, 0.2) is 0 Å². The van der Waals surface area contributed by atoms with Gasteiger partial charge in [-0.05, 0) is 6.92 Å². The molecule has 1 aliphatic rings. The predicted molar refractivity (Wildman–Crippen MR) is 74.7 cm³/mol. The van der Waals surface area contributed by atoms with Crippen molar-refractivity contribution in [1.29, 1.82) is 0 Å². The van der Waals surface area contributed by atoms with Gasteiger partial charge < -0.3 is 20.1 Å². The van der Waals surface area contributed by atoms with Gasteiger partial charge in [0.05, 0.1) is 6.54 Å². The van der Waals surface area contributed by atoms with Crippen LogP contribution in [-0.2, 0) is 14.3 Å². The number of carbonyl (C=O) groups excluding carboxylic acids is 2. The minimum atomic E-state index is -1.09. The minimum Gasteiger partial charge on any atom is -0.480 e. The third-order valence-electron chi connectivity index (χ3n) is 3.12. The minimum absolute atomic E-state index is 0.102. The third-order valence-corrected chi connectivity index (χ3v) is 3.67. The number of aliphatic carboxylic acids is 1. The van der Waals surface area contributed by atoms with E-state index in [-0.39, 0.29) is 24.8 Å². The number of rotatable bonds is 5. The van der Waals surface area contributed by atoms with E-state index in [2.05, 4.69) is 17.9 Å². The molecule has 114 valence electrons. The standard InChI is InChI=1S/C12H20N2O5S/c1-3-13-12(18)19-8-4-9(11(16)17)14(5-8)10(15)7(2)6-20/h7-9,20H,3-6H2,1-2H3,(H,13,18)(H,16,17)/t7?,8?,9-/m0/s1. The zero-order valence-electron chi connectivity index (χ0n) is 11.5. The first-order valence-electron chi connectivity index (χ1n) is 6.49. The van der Waals surface area contributed by atoms with Gasteiger partial charge in [0.15, 0.2) is 0 Å². The van der Waals surface area contributed by atoms with E-state index >= 15 is 0 Å². The van der Waals surface area contributed by atoms with Crippen molar-refractivity contribution in [2.75, 3.05) is 18.8 Å². The summed E-state index contributed by atoms with van der Waals surface area (Å²) in [5.74, 6) is -1.41. The van der Waals surface area contributed by atoms with Crippen molar-refractivity contribution >= 4 is 30.6 Å². The summed E-state index contributed by atoms with van der Waals surface area (Å²) in [4.78, 5) is 35.9. The van der Waals surface area contributed by atoms with Crippen LogP contribution >= 0.6 is 12.6 Å². The third kappa shape index (κ3) is 4.03. The molecule has 0 aromatic rings. The number of hydrogen-bond donors (Lipinski definition) is 3. The highest BCUT2D eigenvalue weighted by molar-refractivity contribution is 7.80. The number of alkyl carbamates (subject to hydrolysis) is 1. The van der Waals surface area contributed by atoms with Gasteiger partial charge in [0.25, 0.3) is 0 Å². The first-order chi connectivity index (χ1) is 9.40. The Labute approximate surface area is 123 Å². The number of carbonyl (C=O) groups is 3. The van der Waals surface area contributed by atoms with Crippen LogP contribution in [0, 0.1) is 5.92 Å². The fourth-order valence-corrected chi connectivity index (χ4v) is 2.22. The molecule has 0 saturated carbocycles. The van der Waals surface area contributed by atoms with E-state index in [4.69, 9.17) is 4.74 Å². The highest BCUT2D eigenvalue weighted by Gasteiger charge is 2.42. The lowest BCUT2D eigenvalue weighted by Gasteiger charge is -2.23. The molecule has 1 fully saturated rings. The quantitative estimate of drug-likeness (QED) is 0.637. The molecule has 8 heteroatoms. The Morgan fingerprint density at radius 2 is 2.15 bits per heavy atom. The van der Waals surface area contributed by atoms with E-state index in [9.17, 15) is 19.5 Å². The fourth-order valence-electron chi connectivity index (χ4n) is 2.06. The van der Waals surface area contributed by atoms with E-state index in [1.807, 2.05) is 0 Å². The zero-order chi connectivity index (χ0) is 15.3. The van der Waals surface area contributed by atoms with Crippen molar-refractivity contribution in [2.45, 2.75) is 32.4 Å². The molecule has 0 aromatic heterocycles. The van der Waals surface area contributed by atoms with E-state index in [1.54, 1.807) is 13.8 Å². The number of carboxylic acids is 1. The Balaban J connectivity index is 2.72. The van der Waals surface area contributed by atoms with Gasteiger partial charge in [0.2, 0.25) is 5.91 Å². The van der Waals surface area contributed by atoms with Gasteiger partial charge >= 0.3 is 12.1 Å². The van der Waals surface area contributed by atoms with Crippen molar-refractivity contribution < 1.29 is 24.2 Å². The van der Waals surface area contributed by atoms with Crippen molar-refractivity contribution in [3.63, 3.8) is 0 Å². The lowest BCUT2D eigenvalue weighted by atomic mass is 10.1. The molecule has 0 radical (unpaired) electrons. The van der Waals surface area contributed by atoms with Gasteiger partial charge in [-0.2, -0.15) is 12.6 Å². The van der Waals surface area contributed by atoms with Crippen LogP contribution in [0.3, 0.4) is 0 Å². The molecule has 0 spiro atoms. The number of nitrogens with one attached hydrogen (secondary N) is 1. The molecular weight excluding hydrogens is 284 g/mol. The second-order valence-corrected chi connectivity index (χ2v) is 5.09. The first kappa shape index (κ1) is 16.6. The van der Waals surface area contributed by atoms with E-state index < -0.39 is 24.2 Å². The maximum Gasteiger partial charge on any atom is 0.407 e. The molecule has 0 aromatic carbocycles. The van der Waals surface area contributed by atoms with Crippen LogP contribution in [0.2, 0.25) is 0 Å². The molecule has 20 heavy (non-hydrogen) atoms.